The average Bonchev–Trinajstić information content (AvgIpc) is 2.45. The molecule has 0 spiro atoms. The highest BCUT2D eigenvalue weighted by molar-refractivity contribution is 9.10. The van der Waals surface area contributed by atoms with Crippen molar-refractivity contribution in [3.8, 4) is 5.75 Å². The molecule has 0 aromatic heterocycles. The zero-order chi connectivity index (χ0) is 15.2. The van der Waals surface area contributed by atoms with E-state index in [4.69, 9.17) is 22.1 Å². The van der Waals surface area contributed by atoms with Crippen LogP contribution in [0.25, 0.3) is 0 Å². The summed E-state index contributed by atoms with van der Waals surface area (Å²) in [5.74, 6) is 0.254. The third-order valence-corrected chi connectivity index (χ3v) is 3.62. The van der Waals surface area contributed by atoms with Gasteiger partial charge in [-0.05, 0) is 46.3 Å². The van der Waals surface area contributed by atoms with Gasteiger partial charge >= 0.3 is 0 Å². The van der Waals surface area contributed by atoms with Crippen molar-refractivity contribution in [2.75, 3.05) is 18.5 Å². The van der Waals surface area contributed by atoms with Crippen molar-refractivity contribution in [1.82, 2.24) is 0 Å². The number of amides is 1. The first-order chi connectivity index (χ1) is 10.1. The predicted octanol–water partition coefficient (Wildman–Crippen LogP) is 3.69. The normalized spacial score (nSPS) is 10.2. The molecule has 4 nitrogen and oxygen atoms in total. The second-order valence-corrected chi connectivity index (χ2v) is 5.55. The largest absolute Gasteiger partial charge is 0.491 e. The molecule has 2 aromatic carbocycles. The van der Waals surface area contributed by atoms with Crippen LogP contribution in [0.15, 0.2) is 46.9 Å². The van der Waals surface area contributed by atoms with Crippen LogP contribution in [0.2, 0.25) is 5.02 Å². The van der Waals surface area contributed by atoms with Gasteiger partial charge in [0.05, 0.1) is 10.0 Å². The number of hydrogen-bond acceptors (Lipinski definition) is 3. The number of hydrogen-bond donors (Lipinski definition) is 2. The van der Waals surface area contributed by atoms with Crippen LogP contribution in [0.1, 0.15) is 10.4 Å². The van der Waals surface area contributed by atoms with E-state index in [1.54, 1.807) is 36.4 Å². The molecule has 0 radical (unpaired) electrons. The van der Waals surface area contributed by atoms with Gasteiger partial charge in [0.1, 0.15) is 12.4 Å². The number of nitrogens with two attached hydrogens (primary N) is 1. The third kappa shape index (κ3) is 4.37. The molecule has 0 aliphatic carbocycles. The Labute approximate surface area is 136 Å². The second-order valence-electron chi connectivity index (χ2n) is 4.26. The van der Waals surface area contributed by atoms with E-state index < -0.39 is 5.91 Å². The Hall–Kier alpha value is -1.72. The Morgan fingerprint density at radius 3 is 2.76 bits per heavy atom. The number of anilines is 1. The Balaban J connectivity index is 1.89. The van der Waals surface area contributed by atoms with Gasteiger partial charge in [-0.2, -0.15) is 0 Å². The fourth-order valence-electron chi connectivity index (χ4n) is 1.79. The number of ether oxygens (including phenoxy) is 1. The van der Waals surface area contributed by atoms with Crippen molar-refractivity contribution >= 4 is 39.1 Å². The van der Waals surface area contributed by atoms with E-state index in [2.05, 4.69) is 21.2 Å². The molecular weight excluding hydrogens is 356 g/mol. The number of carbonyl (C=O) groups excluding carboxylic acids is 1. The Morgan fingerprint density at radius 2 is 2.05 bits per heavy atom. The van der Waals surface area contributed by atoms with Gasteiger partial charge in [0.15, 0.2) is 0 Å². The smallest absolute Gasteiger partial charge is 0.250 e. The van der Waals surface area contributed by atoms with E-state index in [9.17, 15) is 4.79 Å². The summed E-state index contributed by atoms with van der Waals surface area (Å²) < 4.78 is 6.43. The lowest BCUT2D eigenvalue weighted by molar-refractivity contribution is 0.100. The maximum absolute atomic E-state index is 11.3. The summed E-state index contributed by atoms with van der Waals surface area (Å²) in [5, 5.41) is 3.77. The number of halogens is 2. The molecule has 0 aliphatic heterocycles. The molecular formula is C15H14BrClN2O2. The molecule has 0 atom stereocenters. The van der Waals surface area contributed by atoms with Crippen LogP contribution in [0.5, 0.6) is 5.75 Å². The minimum atomic E-state index is -0.459. The highest BCUT2D eigenvalue weighted by Crippen LogP contribution is 2.27. The fraction of sp³-hybridized carbons (Fsp3) is 0.133. The number of nitrogens with one attached hydrogen (secondary N) is 1. The molecule has 6 heteroatoms. The summed E-state index contributed by atoms with van der Waals surface area (Å²) in [6.45, 7) is 0.979. The van der Waals surface area contributed by atoms with Crippen molar-refractivity contribution in [3.63, 3.8) is 0 Å². The molecule has 0 unspecified atom stereocenters. The highest BCUT2D eigenvalue weighted by atomic mass is 79.9. The maximum atomic E-state index is 11.3. The van der Waals surface area contributed by atoms with Crippen molar-refractivity contribution in [2.24, 2.45) is 5.73 Å². The van der Waals surface area contributed by atoms with Crippen LogP contribution in [0.3, 0.4) is 0 Å². The van der Waals surface area contributed by atoms with E-state index in [0.29, 0.717) is 35.2 Å². The molecule has 1 amide bonds. The third-order valence-electron chi connectivity index (χ3n) is 2.76. The summed E-state index contributed by atoms with van der Waals surface area (Å²) in [6, 6.07) is 12.4. The van der Waals surface area contributed by atoms with Crippen LogP contribution in [0, 0.1) is 0 Å². The molecule has 3 N–H and O–H groups in total. The van der Waals surface area contributed by atoms with Crippen molar-refractivity contribution in [1.29, 1.82) is 0 Å². The summed E-state index contributed by atoms with van der Waals surface area (Å²) in [4.78, 5) is 11.3. The first kappa shape index (κ1) is 15.7. The summed E-state index contributed by atoms with van der Waals surface area (Å²) in [6.07, 6.45) is 0. The first-order valence-corrected chi connectivity index (χ1v) is 7.45. The van der Waals surface area contributed by atoms with Gasteiger partial charge in [0.2, 0.25) is 0 Å². The van der Waals surface area contributed by atoms with Crippen LogP contribution in [-0.2, 0) is 0 Å². The van der Waals surface area contributed by atoms with Crippen molar-refractivity contribution < 1.29 is 9.53 Å². The van der Waals surface area contributed by atoms with Gasteiger partial charge in [0.25, 0.3) is 5.91 Å². The van der Waals surface area contributed by atoms with E-state index in [0.717, 1.165) is 4.47 Å². The molecule has 0 fully saturated rings. The quantitative estimate of drug-likeness (QED) is 0.763. The number of primary amides is 1. The van der Waals surface area contributed by atoms with Crippen LogP contribution in [-0.4, -0.2) is 19.1 Å². The molecule has 2 rings (SSSR count). The van der Waals surface area contributed by atoms with Gasteiger partial charge in [-0.15, -0.1) is 0 Å². The van der Waals surface area contributed by atoms with Gasteiger partial charge in [0, 0.05) is 17.3 Å². The molecule has 0 saturated carbocycles. The molecule has 0 saturated heterocycles. The monoisotopic (exact) mass is 368 g/mol. The van der Waals surface area contributed by atoms with Gasteiger partial charge < -0.3 is 15.8 Å². The lowest BCUT2D eigenvalue weighted by Gasteiger charge is -2.12. The van der Waals surface area contributed by atoms with Gasteiger partial charge in [-0.1, -0.05) is 23.7 Å². The Kier molecular flexibility index (Phi) is 5.47. The van der Waals surface area contributed by atoms with Gasteiger partial charge in [-0.3, -0.25) is 4.79 Å². The number of rotatable bonds is 6. The topological polar surface area (TPSA) is 64.4 Å². The van der Waals surface area contributed by atoms with Crippen LogP contribution < -0.4 is 15.8 Å². The van der Waals surface area contributed by atoms with Crippen molar-refractivity contribution in [2.45, 2.75) is 0 Å². The molecule has 0 aliphatic rings. The van der Waals surface area contributed by atoms with E-state index in [-0.39, 0.29) is 0 Å². The van der Waals surface area contributed by atoms with Gasteiger partial charge in [-0.25, -0.2) is 0 Å². The first-order valence-electron chi connectivity index (χ1n) is 6.28. The van der Waals surface area contributed by atoms with Crippen LogP contribution in [0.4, 0.5) is 5.69 Å². The minimum Gasteiger partial charge on any atom is -0.491 e. The molecule has 110 valence electrons. The number of para-hydroxylation sites is 1. The number of carbonyl (C=O) groups is 1. The zero-order valence-electron chi connectivity index (χ0n) is 11.1. The van der Waals surface area contributed by atoms with Crippen LogP contribution >= 0.6 is 27.5 Å². The lowest BCUT2D eigenvalue weighted by Crippen LogP contribution is -2.17. The fourth-order valence-corrected chi connectivity index (χ4v) is 2.59. The molecule has 2 aromatic rings. The SMILES string of the molecule is NC(=O)c1ccccc1NCCOc1ccc(Cl)cc1Br. The number of benzene rings is 2. The van der Waals surface area contributed by atoms with E-state index >= 15 is 0 Å². The van der Waals surface area contributed by atoms with E-state index in [1.807, 2.05) is 6.07 Å². The van der Waals surface area contributed by atoms with E-state index in [1.165, 1.54) is 0 Å². The average molecular weight is 370 g/mol. The summed E-state index contributed by atoms with van der Waals surface area (Å²) in [5.41, 5.74) is 6.48. The molecule has 0 bridgehead atoms. The summed E-state index contributed by atoms with van der Waals surface area (Å²) >= 11 is 9.25. The van der Waals surface area contributed by atoms with Crippen molar-refractivity contribution in [3.05, 3.63) is 57.5 Å². The Bertz CT molecular complexity index is 649. The standard InChI is InChI=1S/C15H14BrClN2O2/c16-12-9-10(17)5-6-14(12)21-8-7-19-13-4-2-1-3-11(13)15(18)20/h1-6,9,19H,7-8H2,(H2,18,20). The zero-order valence-corrected chi connectivity index (χ0v) is 13.4. The maximum Gasteiger partial charge on any atom is 0.250 e. The highest BCUT2D eigenvalue weighted by Gasteiger charge is 2.06. The molecule has 21 heavy (non-hydrogen) atoms. The lowest BCUT2D eigenvalue weighted by atomic mass is 10.1. The predicted molar refractivity (Wildman–Crippen MR) is 88.1 cm³/mol. The minimum absolute atomic E-state index is 0.438. The molecule has 0 heterocycles. The second kappa shape index (κ2) is 7.33. The summed E-state index contributed by atoms with van der Waals surface area (Å²) in [7, 11) is 0. The Morgan fingerprint density at radius 1 is 1.29 bits per heavy atom.